The molecule has 0 radical (unpaired) electrons. The van der Waals surface area contributed by atoms with E-state index in [0.29, 0.717) is 17.8 Å². The van der Waals surface area contributed by atoms with Gasteiger partial charge in [0.1, 0.15) is 0 Å². The lowest BCUT2D eigenvalue weighted by Crippen LogP contribution is -2.26. The number of amides is 1. The lowest BCUT2D eigenvalue weighted by Gasteiger charge is -2.19. The molecule has 0 unspecified atom stereocenters. The number of carbonyl (C=O) groups is 1. The average Bonchev–Trinajstić information content (AvgIpc) is 2.91. The van der Waals surface area contributed by atoms with Gasteiger partial charge in [0.25, 0.3) is 0 Å². The van der Waals surface area contributed by atoms with Crippen molar-refractivity contribution in [3.8, 4) is 0 Å². The predicted molar refractivity (Wildman–Crippen MR) is 86.5 cm³/mol. The molecule has 0 atom stereocenters. The molecular formula is C17H19N3O. The SMILES string of the molecule is Nc1ccccc1NC(=O)CCN1CCc2ccccc21. The van der Waals surface area contributed by atoms with Crippen LogP contribution in [-0.2, 0) is 11.2 Å². The maximum Gasteiger partial charge on any atom is 0.226 e. The van der Waals surface area contributed by atoms with Crippen LogP contribution in [0.1, 0.15) is 12.0 Å². The third-order valence-electron chi connectivity index (χ3n) is 3.83. The Bertz CT molecular complexity index is 654. The number of fused-ring (bicyclic) bond motifs is 1. The molecule has 0 aromatic heterocycles. The highest BCUT2D eigenvalue weighted by Crippen LogP contribution is 2.27. The molecule has 0 saturated carbocycles. The maximum atomic E-state index is 12.0. The van der Waals surface area contributed by atoms with Gasteiger partial charge in [0.15, 0.2) is 0 Å². The molecule has 1 heterocycles. The third kappa shape index (κ3) is 2.99. The number of para-hydroxylation sites is 3. The van der Waals surface area contributed by atoms with Crippen LogP contribution in [-0.4, -0.2) is 19.0 Å². The van der Waals surface area contributed by atoms with Gasteiger partial charge in [-0.2, -0.15) is 0 Å². The number of rotatable bonds is 4. The molecule has 4 heteroatoms. The first-order valence-electron chi connectivity index (χ1n) is 7.21. The Morgan fingerprint density at radius 2 is 1.90 bits per heavy atom. The first kappa shape index (κ1) is 13.5. The van der Waals surface area contributed by atoms with Crippen molar-refractivity contribution in [3.63, 3.8) is 0 Å². The van der Waals surface area contributed by atoms with Crippen molar-refractivity contribution in [2.45, 2.75) is 12.8 Å². The lowest BCUT2D eigenvalue weighted by molar-refractivity contribution is -0.116. The Kier molecular flexibility index (Phi) is 3.77. The van der Waals surface area contributed by atoms with Gasteiger partial charge in [0.05, 0.1) is 11.4 Å². The summed E-state index contributed by atoms with van der Waals surface area (Å²) >= 11 is 0. The number of hydrogen-bond donors (Lipinski definition) is 2. The first-order chi connectivity index (χ1) is 10.2. The van der Waals surface area contributed by atoms with Crippen molar-refractivity contribution in [1.29, 1.82) is 0 Å². The van der Waals surface area contributed by atoms with Gasteiger partial charge in [-0.1, -0.05) is 30.3 Å². The first-order valence-corrected chi connectivity index (χ1v) is 7.21. The quantitative estimate of drug-likeness (QED) is 0.847. The fourth-order valence-corrected chi connectivity index (χ4v) is 2.70. The number of nitrogens with two attached hydrogens (primary N) is 1. The van der Waals surface area contributed by atoms with E-state index in [4.69, 9.17) is 5.73 Å². The fourth-order valence-electron chi connectivity index (χ4n) is 2.70. The van der Waals surface area contributed by atoms with E-state index in [-0.39, 0.29) is 5.91 Å². The molecule has 21 heavy (non-hydrogen) atoms. The summed E-state index contributed by atoms with van der Waals surface area (Å²) in [6.07, 6.45) is 1.52. The van der Waals surface area contributed by atoms with Crippen LogP contribution in [0, 0.1) is 0 Å². The van der Waals surface area contributed by atoms with Crippen LogP contribution in [0.15, 0.2) is 48.5 Å². The number of nitrogens with one attached hydrogen (secondary N) is 1. The summed E-state index contributed by atoms with van der Waals surface area (Å²) in [5.41, 5.74) is 9.72. The average molecular weight is 281 g/mol. The van der Waals surface area contributed by atoms with Crippen LogP contribution in [0.3, 0.4) is 0 Å². The molecule has 3 N–H and O–H groups in total. The van der Waals surface area contributed by atoms with E-state index in [0.717, 1.165) is 19.5 Å². The fraction of sp³-hybridized carbons (Fsp3) is 0.235. The second kappa shape index (κ2) is 5.87. The number of anilines is 3. The molecule has 3 rings (SSSR count). The number of benzene rings is 2. The molecule has 0 fully saturated rings. The smallest absolute Gasteiger partial charge is 0.226 e. The Labute approximate surface area is 124 Å². The zero-order chi connectivity index (χ0) is 14.7. The Hall–Kier alpha value is -2.49. The van der Waals surface area contributed by atoms with E-state index in [1.54, 1.807) is 6.07 Å². The molecule has 108 valence electrons. The second-order valence-electron chi connectivity index (χ2n) is 5.25. The minimum atomic E-state index is -0.00252. The monoisotopic (exact) mass is 281 g/mol. The largest absolute Gasteiger partial charge is 0.397 e. The molecule has 4 nitrogen and oxygen atoms in total. The minimum Gasteiger partial charge on any atom is -0.397 e. The molecule has 2 aromatic carbocycles. The summed E-state index contributed by atoms with van der Waals surface area (Å²) in [5, 5.41) is 2.87. The van der Waals surface area contributed by atoms with Gasteiger partial charge >= 0.3 is 0 Å². The van der Waals surface area contributed by atoms with Gasteiger partial charge in [-0.05, 0) is 30.2 Å². The van der Waals surface area contributed by atoms with Crippen molar-refractivity contribution in [3.05, 3.63) is 54.1 Å². The topological polar surface area (TPSA) is 58.4 Å². The van der Waals surface area contributed by atoms with E-state index < -0.39 is 0 Å². The molecule has 1 aliphatic heterocycles. The van der Waals surface area contributed by atoms with Gasteiger partial charge in [-0.15, -0.1) is 0 Å². The number of nitrogen functional groups attached to an aromatic ring is 1. The van der Waals surface area contributed by atoms with Crippen molar-refractivity contribution in [2.24, 2.45) is 0 Å². The summed E-state index contributed by atoms with van der Waals surface area (Å²) in [6.45, 7) is 1.72. The predicted octanol–water partition coefficient (Wildman–Crippen LogP) is 2.66. The van der Waals surface area contributed by atoms with E-state index in [9.17, 15) is 4.79 Å². The van der Waals surface area contributed by atoms with Gasteiger partial charge < -0.3 is 16.0 Å². The van der Waals surface area contributed by atoms with Crippen LogP contribution in [0.5, 0.6) is 0 Å². The minimum absolute atomic E-state index is 0.00252. The third-order valence-corrected chi connectivity index (χ3v) is 3.83. The normalized spacial score (nSPS) is 13.0. The highest BCUT2D eigenvalue weighted by molar-refractivity contribution is 5.94. The van der Waals surface area contributed by atoms with Crippen LogP contribution in [0.25, 0.3) is 0 Å². The van der Waals surface area contributed by atoms with Gasteiger partial charge in [0, 0.05) is 25.2 Å². The number of hydrogen-bond acceptors (Lipinski definition) is 3. The molecule has 0 bridgehead atoms. The van der Waals surface area contributed by atoms with E-state index >= 15 is 0 Å². The highest BCUT2D eigenvalue weighted by atomic mass is 16.1. The Morgan fingerprint density at radius 1 is 1.14 bits per heavy atom. The Morgan fingerprint density at radius 3 is 2.76 bits per heavy atom. The zero-order valence-corrected chi connectivity index (χ0v) is 11.9. The van der Waals surface area contributed by atoms with Gasteiger partial charge in [-0.3, -0.25) is 4.79 Å². The van der Waals surface area contributed by atoms with Gasteiger partial charge in [0.2, 0.25) is 5.91 Å². The van der Waals surface area contributed by atoms with Crippen molar-refractivity contribution < 1.29 is 4.79 Å². The molecule has 0 saturated heterocycles. The van der Waals surface area contributed by atoms with E-state index in [1.165, 1.54) is 11.3 Å². The second-order valence-corrected chi connectivity index (χ2v) is 5.25. The van der Waals surface area contributed by atoms with Crippen LogP contribution in [0.4, 0.5) is 17.1 Å². The molecule has 1 amide bonds. The van der Waals surface area contributed by atoms with Crippen molar-refractivity contribution in [2.75, 3.05) is 29.0 Å². The lowest BCUT2D eigenvalue weighted by atomic mass is 10.2. The number of carbonyl (C=O) groups excluding carboxylic acids is 1. The summed E-state index contributed by atoms with van der Waals surface area (Å²) < 4.78 is 0. The number of nitrogens with zero attached hydrogens (tertiary/aromatic N) is 1. The standard InChI is InChI=1S/C17H19N3O/c18-14-6-2-3-7-15(14)19-17(21)10-12-20-11-9-13-5-1-4-8-16(13)20/h1-8H,9-12,18H2,(H,19,21). The summed E-state index contributed by atoms with van der Waals surface area (Å²) in [6, 6.07) is 15.7. The molecule has 2 aromatic rings. The van der Waals surface area contributed by atoms with Gasteiger partial charge in [-0.25, -0.2) is 0 Å². The summed E-state index contributed by atoms with van der Waals surface area (Å²) in [5.74, 6) is -0.00252. The Balaban J connectivity index is 1.57. The molecule has 0 aliphatic carbocycles. The molecule has 1 aliphatic rings. The maximum absolute atomic E-state index is 12.0. The molecular weight excluding hydrogens is 262 g/mol. The highest BCUT2D eigenvalue weighted by Gasteiger charge is 2.18. The molecule has 0 spiro atoms. The van der Waals surface area contributed by atoms with Crippen molar-refractivity contribution in [1.82, 2.24) is 0 Å². The summed E-state index contributed by atoms with van der Waals surface area (Å²) in [4.78, 5) is 14.3. The van der Waals surface area contributed by atoms with E-state index in [1.807, 2.05) is 24.3 Å². The van der Waals surface area contributed by atoms with Crippen LogP contribution < -0.4 is 16.0 Å². The van der Waals surface area contributed by atoms with E-state index in [2.05, 4.69) is 28.4 Å². The van der Waals surface area contributed by atoms with Crippen LogP contribution in [0.2, 0.25) is 0 Å². The van der Waals surface area contributed by atoms with Crippen LogP contribution >= 0.6 is 0 Å². The van der Waals surface area contributed by atoms with Crippen molar-refractivity contribution >= 4 is 23.0 Å². The summed E-state index contributed by atoms with van der Waals surface area (Å²) in [7, 11) is 0. The zero-order valence-electron chi connectivity index (χ0n) is 11.9.